The van der Waals surface area contributed by atoms with E-state index in [1.807, 2.05) is 19.1 Å². The lowest BCUT2D eigenvalue weighted by Crippen LogP contribution is -2.20. The van der Waals surface area contributed by atoms with Crippen LogP contribution in [0.5, 0.6) is 5.75 Å². The van der Waals surface area contributed by atoms with Crippen LogP contribution in [0.2, 0.25) is 20.1 Å². The molecule has 0 saturated heterocycles. The van der Waals surface area contributed by atoms with Gasteiger partial charge in [0.25, 0.3) is 5.91 Å². The Morgan fingerprint density at radius 2 is 1.67 bits per heavy atom. The first-order valence-corrected chi connectivity index (χ1v) is 11.4. The van der Waals surface area contributed by atoms with Crippen LogP contribution in [0.3, 0.4) is 0 Å². The number of carbonyl (C=O) groups excluding carboxylic acids is 1. The van der Waals surface area contributed by atoms with Gasteiger partial charge in [0.2, 0.25) is 5.89 Å². The first-order valence-electron chi connectivity index (χ1n) is 9.89. The van der Waals surface area contributed by atoms with E-state index in [2.05, 4.69) is 10.3 Å². The topological polar surface area (TPSA) is 64.4 Å². The Hall–Kier alpha value is -2.44. The molecule has 0 spiro atoms. The molecule has 1 N–H and O–H groups in total. The van der Waals surface area contributed by atoms with Crippen LogP contribution in [0.4, 0.5) is 5.69 Å². The Kier molecular flexibility index (Phi) is 6.78. The fourth-order valence-corrected chi connectivity index (χ4v) is 4.23. The number of aromatic nitrogens is 1. The maximum absolute atomic E-state index is 12.5. The van der Waals surface area contributed by atoms with E-state index in [0.717, 1.165) is 11.1 Å². The number of rotatable bonds is 5. The number of benzene rings is 3. The fraction of sp³-hybridized carbons (Fsp3) is 0.167. The highest BCUT2D eigenvalue weighted by molar-refractivity contribution is 6.42. The van der Waals surface area contributed by atoms with E-state index in [1.54, 1.807) is 38.1 Å². The van der Waals surface area contributed by atoms with Gasteiger partial charge in [-0.25, -0.2) is 4.98 Å². The highest BCUT2D eigenvalue weighted by Crippen LogP contribution is 2.42. The second kappa shape index (κ2) is 9.43. The van der Waals surface area contributed by atoms with Gasteiger partial charge in [-0.15, -0.1) is 0 Å². The van der Waals surface area contributed by atoms with Crippen LogP contribution in [-0.4, -0.2) is 17.5 Å². The molecule has 4 rings (SSSR count). The van der Waals surface area contributed by atoms with E-state index in [4.69, 9.17) is 55.6 Å². The van der Waals surface area contributed by atoms with Gasteiger partial charge in [-0.2, -0.15) is 0 Å². The van der Waals surface area contributed by atoms with Gasteiger partial charge in [0.1, 0.15) is 5.52 Å². The number of hydrogen-bond acceptors (Lipinski definition) is 4. The third-order valence-corrected chi connectivity index (χ3v) is 7.04. The number of ether oxygens (including phenoxy) is 1. The van der Waals surface area contributed by atoms with Crippen LogP contribution in [0.25, 0.3) is 22.6 Å². The summed E-state index contributed by atoms with van der Waals surface area (Å²) in [5.74, 6) is 0.276. The van der Waals surface area contributed by atoms with E-state index < -0.39 is 0 Å². The Balaban J connectivity index is 1.49. The molecular weight excluding hydrogens is 506 g/mol. The molecule has 0 radical (unpaired) electrons. The molecule has 1 heterocycles. The standard InChI is InChI=1S/C24H18Cl4N2O3/c1-11-4-5-14(8-16(11)25)24-30-17-9-15(6-7-18(17)33-24)29-19(31)10-32-23-21(27)12(2)20(26)13(3)22(23)28/h4-9H,10H2,1-3H3,(H,29,31). The van der Waals surface area contributed by atoms with Gasteiger partial charge >= 0.3 is 0 Å². The van der Waals surface area contributed by atoms with Crippen molar-refractivity contribution >= 4 is 69.1 Å². The first-order chi connectivity index (χ1) is 15.7. The second-order valence-corrected chi connectivity index (χ2v) is 9.06. The van der Waals surface area contributed by atoms with E-state index in [9.17, 15) is 4.79 Å². The minimum atomic E-state index is -0.388. The molecule has 33 heavy (non-hydrogen) atoms. The molecular formula is C24H18Cl4N2O3. The minimum Gasteiger partial charge on any atom is -0.481 e. The number of oxazole rings is 1. The summed E-state index contributed by atoms with van der Waals surface area (Å²) in [7, 11) is 0. The maximum Gasteiger partial charge on any atom is 0.262 e. The summed E-state index contributed by atoms with van der Waals surface area (Å²) in [6, 6.07) is 10.8. The molecule has 1 amide bonds. The van der Waals surface area contributed by atoms with Gasteiger partial charge in [0.05, 0.1) is 10.0 Å². The number of halogens is 4. The summed E-state index contributed by atoms with van der Waals surface area (Å²) in [4.78, 5) is 17.0. The summed E-state index contributed by atoms with van der Waals surface area (Å²) in [6.07, 6.45) is 0. The van der Waals surface area contributed by atoms with E-state index in [-0.39, 0.29) is 28.3 Å². The molecule has 0 atom stereocenters. The molecule has 0 aliphatic heterocycles. The first kappa shape index (κ1) is 23.7. The zero-order chi connectivity index (χ0) is 23.9. The van der Waals surface area contributed by atoms with Crippen LogP contribution >= 0.6 is 46.4 Å². The van der Waals surface area contributed by atoms with Crippen molar-refractivity contribution in [2.45, 2.75) is 20.8 Å². The van der Waals surface area contributed by atoms with Crippen LogP contribution in [0.1, 0.15) is 16.7 Å². The summed E-state index contributed by atoms with van der Waals surface area (Å²) in [6.45, 7) is 5.15. The average molecular weight is 524 g/mol. The van der Waals surface area contributed by atoms with Gasteiger partial charge in [0.15, 0.2) is 17.9 Å². The third-order valence-electron chi connectivity index (χ3n) is 5.15. The zero-order valence-electron chi connectivity index (χ0n) is 17.9. The van der Waals surface area contributed by atoms with Crippen molar-refractivity contribution < 1.29 is 13.9 Å². The molecule has 3 aromatic carbocycles. The molecule has 0 bridgehead atoms. The highest BCUT2D eigenvalue weighted by Gasteiger charge is 2.19. The Morgan fingerprint density at radius 3 is 2.33 bits per heavy atom. The van der Waals surface area contributed by atoms with Crippen LogP contribution in [-0.2, 0) is 4.79 Å². The van der Waals surface area contributed by atoms with Crippen molar-refractivity contribution in [2.24, 2.45) is 0 Å². The average Bonchev–Trinajstić information content (AvgIpc) is 3.21. The number of nitrogens with one attached hydrogen (secondary N) is 1. The summed E-state index contributed by atoms with van der Waals surface area (Å²) in [5, 5.41) is 4.42. The summed E-state index contributed by atoms with van der Waals surface area (Å²) < 4.78 is 11.4. The quantitative estimate of drug-likeness (QED) is 0.287. The number of anilines is 1. The third kappa shape index (κ3) is 4.78. The molecule has 5 nitrogen and oxygen atoms in total. The number of carbonyl (C=O) groups is 1. The molecule has 0 aliphatic rings. The van der Waals surface area contributed by atoms with E-state index in [0.29, 0.717) is 43.9 Å². The molecule has 0 aliphatic carbocycles. The number of fused-ring (bicyclic) bond motifs is 1. The van der Waals surface area contributed by atoms with Crippen molar-refractivity contribution in [3.63, 3.8) is 0 Å². The molecule has 0 unspecified atom stereocenters. The van der Waals surface area contributed by atoms with Gasteiger partial charge in [0, 0.05) is 21.3 Å². The molecule has 9 heteroatoms. The van der Waals surface area contributed by atoms with Crippen molar-refractivity contribution in [3.05, 3.63) is 73.2 Å². The smallest absolute Gasteiger partial charge is 0.262 e. The number of hydrogen-bond donors (Lipinski definition) is 1. The van der Waals surface area contributed by atoms with Crippen molar-refractivity contribution in [1.82, 2.24) is 4.98 Å². The van der Waals surface area contributed by atoms with E-state index >= 15 is 0 Å². The van der Waals surface area contributed by atoms with Crippen LogP contribution < -0.4 is 10.1 Å². The monoisotopic (exact) mass is 522 g/mol. The predicted octanol–water partition coefficient (Wildman–Crippen LogP) is 8.05. The lowest BCUT2D eigenvalue weighted by Gasteiger charge is -2.15. The Bertz CT molecular complexity index is 1370. The number of nitrogens with zero attached hydrogens (tertiary/aromatic N) is 1. The van der Waals surface area contributed by atoms with Crippen molar-refractivity contribution in [2.75, 3.05) is 11.9 Å². The SMILES string of the molecule is Cc1ccc(-c2nc3cc(NC(=O)COc4c(Cl)c(C)c(Cl)c(C)c4Cl)ccc3o2)cc1Cl. The van der Waals surface area contributed by atoms with Crippen LogP contribution in [0, 0.1) is 20.8 Å². The Labute approximate surface area is 210 Å². The van der Waals surface area contributed by atoms with Crippen LogP contribution in [0.15, 0.2) is 40.8 Å². The predicted molar refractivity (Wildman–Crippen MR) is 134 cm³/mol. The zero-order valence-corrected chi connectivity index (χ0v) is 20.9. The maximum atomic E-state index is 12.5. The number of aryl methyl sites for hydroxylation is 1. The molecule has 1 aromatic heterocycles. The molecule has 0 saturated carbocycles. The lowest BCUT2D eigenvalue weighted by molar-refractivity contribution is -0.118. The summed E-state index contributed by atoms with van der Waals surface area (Å²) >= 11 is 25.0. The second-order valence-electron chi connectivity index (χ2n) is 7.52. The van der Waals surface area contributed by atoms with E-state index in [1.165, 1.54) is 0 Å². The molecule has 4 aromatic rings. The minimum absolute atomic E-state index is 0.223. The van der Waals surface area contributed by atoms with Gasteiger partial charge in [-0.05, 0) is 67.8 Å². The normalized spacial score (nSPS) is 11.1. The van der Waals surface area contributed by atoms with Gasteiger partial charge < -0.3 is 14.5 Å². The van der Waals surface area contributed by atoms with Gasteiger partial charge in [-0.1, -0.05) is 52.5 Å². The Morgan fingerprint density at radius 1 is 0.970 bits per heavy atom. The largest absolute Gasteiger partial charge is 0.481 e. The van der Waals surface area contributed by atoms with Crippen molar-refractivity contribution in [3.8, 4) is 17.2 Å². The molecule has 0 fully saturated rings. The summed E-state index contributed by atoms with van der Waals surface area (Å²) in [5.41, 5.74) is 4.73. The number of amides is 1. The van der Waals surface area contributed by atoms with Gasteiger partial charge in [-0.3, -0.25) is 4.79 Å². The fourth-order valence-electron chi connectivity index (χ4n) is 3.23. The molecule has 170 valence electrons. The lowest BCUT2D eigenvalue weighted by atomic mass is 10.1. The highest BCUT2D eigenvalue weighted by atomic mass is 35.5. The van der Waals surface area contributed by atoms with Crippen molar-refractivity contribution in [1.29, 1.82) is 0 Å².